The highest BCUT2D eigenvalue weighted by Crippen LogP contribution is 2.25. The van der Waals surface area contributed by atoms with Crippen LogP contribution in [-0.2, 0) is 16.1 Å². The Balaban J connectivity index is 2.07. The minimum Gasteiger partial charge on any atom is -0.476 e. The number of carbonyl (C=O) groups excluding carboxylic acids is 2. The topological polar surface area (TPSA) is 118 Å². The molecule has 0 spiro atoms. The number of benzene rings is 1. The summed E-state index contributed by atoms with van der Waals surface area (Å²) < 4.78 is 5.27. The summed E-state index contributed by atoms with van der Waals surface area (Å²) in [4.78, 5) is 40.8. The maximum Gasteiger partial charge on any atom is 0.408 e. The van der Waals surface area contributed by atoms with Crippen LogP contribution < -0.4 is 10.6 Å². The summed E-state index contributed by atoms with van der Waals surface area (Å²) in [6, 6.07) is 8.05. The van der Waals surface area contributed by atoms with E-state index in [1.165, 1.54) is 16.7 Å². The molecule has 0 aliphatic rings. The lowest BCUT2D eigenvalue weighted by molar-refractivity contribution is -0.124. The number of aromatic carboxylic acids is 1. The molecule has 2 atom stereocenters. The standard InChI is InChI=1S/C23H31N3O5S/c1-14(2)10-17(26-23(30)31-12-16-8-6-5-7-9-16)20(27)24-18(11-15(3)4)21-25-19(13-32-21)22(28)29/h5-9,13-15,17-18H,10-12H2,1-4H3,(H,24,27)(H,26,30)(H,28,29)/t17?,18-/m0/s1. The van der Waals surface area contributed by atoms with Crippen molar-refractivity contribution in [1.82, 2.24) is 15.6 Å². The number of nitrogens with one attached hydrogen (secondary N) is 2. The lowest BCUT2D eigenvalue weighted by atomic mass is 10.0. The number of ether oxygens (including phenoxy) is 1. The van der Waals surface area contributed by atoms with Crippen molar-refractivity contribution in [3.8, 4) is 0 Å². The van der Waals surface area contributed by atoms with Crippen LogP contribution in [0.15, 0.2) is 35.7 Å². The predicted octanol–water partition coefficient (Wildman–Crippen LogP) is 4.39. The minimum absolute atomic E-state index is 0.0469. The van der Waals surface area contributed by atoms with Gasteiger partial charge in [-0.3, -0.25) is 4.79 Å². The lowest BCUT2D eigenvalue weighted by Crippen LogP contribution is -2.48. The van der Waals surface area contributed by atoms with E-state index in [0.717, 1.165) is 5.56 Å². The Labute approximate surface area is 192 Å². The molecular weight excluding hydrogens is 430 g/mol. The van der Waals surface area contributed by atoms with E-state index in [1.54, 1.807) is 0 Å². The third-order valence-corrected chi connectivity index (χ3v) is 5.55. The van der Waals surface area contributed by atoms with Gasteiger partial charge in [-0.05, 0) is 30.2 Å². The summed E-state index contributed by atoms with van der Waals surface area (Å²) in [5, 5.41) is 16.8. The van der Waals surface area contributed by atoms with Crippen molar-refractivity contribution in [3.63, 3.8) is 0 Å². The first-order valence-corrected chi connectivity index (χ1v) is 11.5. The number of carboxylic acid groups (broad SMARTS) is 1. The molecule has 0 fully saturated rings. The number of thiazole rings is 1. The van der Waals surface area contributed by atoms with Crippen molar-refractivity contribution in [2.45, 2.75) is 59.2 Å². The quantitative estimate of drug-likeness (QED) is 0.457. The highest BCUT2D eigenvalue weighted by atomic mass is 32.1. The van der Waals surface area contributed by atoms with Gasteiger partial charge in [-0.1, -0.05) is 58.0 Å². The number of carbonyl (C=O) groups is 3. The number of hydrogen-bond donors (Lipinski definition) is 3. The molecule has 0 saturated heterocycles. The van der Waals surface area contributed by atoms with Crippen molar-refractivity contribution in [3.05, 3.63) is 52.0 Å². The van der Waals surface area contributed by atoms with Gasteiger partial charge in [0.05, 0.1) is 6.04 Å². The molecule has 8 nitrogen and oxygen atoms in total. The van der Waals surface area contributed by atoms with E-state index in [2.05, 4.69) is 15.6 Å². The van der Waals surface area contributed by atoms with Gasteiger partial charge in [0.25, 0.3) is 0 Å². The molecule has 0 saturated carbocycles. The van der Waals surface area contributed by atoms with Gasteiger partial charge in [-0.15, -0.1) is 11.3 Å². The third-order valence-electron chi connectivity index (χ3n) is 4.59. The Morgan fingerprint density at radius 1 is 1.03 bits per heavy atom. The van der Waals surface area contributed by atoms with Crippen LogP contribution >= 0.6 is 11.3 Å². The third kappa shape index (κ3) is 8.30. The Morgan fingerprint density at radius 2 is 1.69 bits per heavy atom. The first kappa shape index (κ1) is 25.3. The van der Waals surface area contributed by atoms with E-state index in [0.29, 0.717) is 17.8 Å². The molecule has 2 aromatic rings. The van der Waals surface area contributed by atoms with Gasteiger partial charge in [0, 0.05) is 5.38 Å². The van der Waals surface area contributed by atoms with Crippen molar-refractivity contribution >= 4 is 29.3 Å². The molecule has 0 aliphatic heterocycles. The SMILES string of the molecule is CC(C)CC(NC(=O)OCc1ccccc1)C(=O)N[C@@H](CC(C)C)c1nc(C(=O)O)cs1. The summed E-state index contributed by atoms with van der Waals surface area (Å²) in [5.41, 5.74) is 0.803. The second kappa shape index (κ2) is 12.2. The van der Waals surface area contributed by atoms with E-state index < -0.39 is 24.1 Å². The molecule has 0 aliphatic carbocycles. The smallest absolute Gasteiger partial charge is 0.408 e. The van der Waals surface area contributed by atoms with Crippen molar-refractivity contribution < 1.29 is 24.2 Å². The summed E-state index contributed by atoms with van der Waals surface area (Å²) in [7, 11) is 0. The summed E-state index contributed by atoms with van der Waals surface area (Å²) >= 11 is 1.20. The molecule has 3 N–H and O–H groups in total. The van der Waals surface area contributed by atoms with Gasteiger partial charge in [-0.25, -0.2) is 14.6 Å². The zero-order chi connectivity index (χ0) is 23.7. The van der Waals surface area contributed by atoms with Crippen LogP contribution in [0.3, 0.4) is 0 Å². The second-order valence-electron chi connectivity index (χ2n) is 8.46. The zero-order valence-electron chi connectivity index (χ0n) is 18.8. The molecule has 0 bridgehead atoms. The van der Waals surface area contributed by atoms with Crippen LogP contribution in [-0.4, -0.2) is 34.1 Å². The van der Waals surface area contributed by atoms with Gasteiger partial charge in [0.1, 0.15) is 17.7 Å². The molecule has 1 aromatic carbocycles. The molecule has 1 heterocycles. The van der Waals surface area contributed by atoms with E-state index >= 15 is 0 Å². The molecule has 9 heteroatoms. The summed E-state index contributed by atoms with van der Waals surface area (Å²) in [6.45, 7) is 8.05. The zero-order valence-corrected chi connectivity index (χ0v) is 19.6. The summed E-state index contributed by atoms with van der Waals surface area (Å²) in [6.07, 6.45) is 0.349. The van der Waals surface area contributed by atoms with Crippen LogP contribution in [0.5, 0.6) is 0 Å². The molecule has 0 radical (unpaired) electrons. The van der Waals surface area contributed by atoms with Gasteiger partial charge >= 0.3 is 12.1 Å². The van der Waals surface area contributed by atoms with Crippen LogP contribution in [0.2, 0.25) is 0 Å². The molecule has 2 rings (SSSR count). The Kier molecular flexibility index (Phi) is 9.64. The molecule has 32 heavy (non-hydrogen) atoms. The normalized spacial score (nSPS) is 12.9. The highest BCUT2D eigenvalue weighted by molar-refractivity contribution is 7.09. The minimum atomic E-state index is -1.11. The van der Waals surface area contributed by atoms with Gasteiger partial charge < -0.3 is 20.5 Å². The summed E-state index contributed by atoms with van der Waals surface area (Å²) in [5.74, 6) is -1.07. The first-order chi connectivity index (χ1) is 15.2. The number of aromatic nitrogens is 1. The fraction of sp³-hybridized carbons (Fsp3) is 0.478. The van der Waals surface area contributed by atoms with Crippen LogP contribution in [0.4, 0.5) is 4.79 Å². The van der Waals surface area contributed by atoms with Crippen LogP contribution in [0, 0.1) is 11.8 Å². The maximum absolute atomic E-state index is 13.1. The Hall–Kier alpha value is -2.94. The molecule has 2 amide bonds. The fourth-order valence-electron chi connectivity index (χ4n) is 3.12. The van der Waals surface area contributed by atoms with Gasteiger partial charge in [-0.2, -0.15) is 0 Å². The van der Waals surface area contributed by atoms with E-state index in [1.807, 2.05) is 58.0 Å². The molecule has 1 unspecified atom stereocenters. The highest BCUT2D eigenvalue weighted by Gasteiger charge is 2.27. The largest absolute Gasteiger partial charge is 0.476 e. The average molecular weight is 462 g/mol. The number of nitrogens with zero attached hydrogens (tertiary/aromatic N) is 1. The number of rotatable bonds is 11. The predicted molar refractivity (Wildman–Crippen MR) is 122 cm³/mol. The van der Waals surface area contributed by atoms with Crippen LogP contribution in [0.25, 0.3) is 0 Å². The van der Waals surface area contributed by atoms with Crippen molar-refractivity contribution in [2.75, 3.05) is 0 Å². The van der Waals surface area contributed by atoms with Crippen LogP contribution in [0.1, 0.15) is 67.6 Å². The van der Waals surface area contributed by atoms with Gasteiger partial charge in [0.15, 0.2) is 5.69 Å². The maximum atomic E-state index is 13.1. The molecule has 174 valence electrons. The fourth-order valence-corrected chi connectivity index (χ4v) is 3.98. The van der Waals surface area contributed by atoms with E-state index in [-0.39, 0.29) is 30.0 Å². The van der Waals surface area contributed by atoms with Gasteiger partial charge in [0.2, 0.25) is 5.91 Å². The second-order valence-corrected chi connectivity index (χ2v) is 9.34. The Bertz CT molecular complexity index is 898. The Morgan fingerprint density at radius 3 is 2.25 bits per heavy atom. The number of hydrogen-bond acceptors (Lipinski definition) is 6. The van der Waals surface area contributed by atoms with Crippen molar-refractivity contribution in [2.24, 2.45) is 11.8 Å². The number of alkyl carbamates (subject to hydrolysis) is 1. The molecule has 1 aromatic heterocycles. The van der Waals surface area contributed by atoms with E-state index in [4.69, 9.17) is 9.84 Å². The first-order valence-electron chi connectivity index (χ1n) is 10.6. The van der Waals surface area contributed by atoms with Crippen molar-refractivity contribution in [1.29, 1.82) is 0 Å². The lowest BCUT2D eigenvalue weighted by Gasteiger charge is -2.24. The monoisotopic (exact) mass is 461 g/mol. The average Bonchev–Trinajstić information content (AvgIpc) is 3.22. The number of amides is 2. The number of carboxylic acids is 1. The molecular formula is C23H31N3O5S. The van der Waals surface area contributed by atoms with E-state index in [9.17, 15) is 14.4 Å².